The van der Waals surface area contributed by atoms with Crippen LogP contribution in [0.25, 0.3) is 0 Å². The van der Waals surface area contributed by atoms with Gasteiger partial charge in [-0.05, 0) is 42.6 Å². The van der Waals surface area contributed by atoms with E-state index in [4.69, 9.17) is 0 Å². The van der Waals surface area contributed by atoms with Crippen molar-refractivity contribution in [1.82, 2.24) is 4.90 Å². The van der Waals surface area contributed by atoms with Crippen LogP contribution in [-0.4, -0.2) is 30.3 Å². The number of ketones is 1. The number of fused-ring (bicyclic) bond motifs is 1. The van der Waals surface area contributed by atoms with Gasteiger partial charge in [0.15, 0.2) is 5.78 Å². The maximum absolute atomic E-state index is 14.3. The Morgan fingerprint density at radius 3 is 2.11 bits per heavy atom. The fourth-order valence-corrected chi connectivity index (χ4v) is 5.36. The summed E-state index contributed by atoms with van der Waals surface area (Å²) in [6.45, 7) is 1.62. The van der Waals surface area contributed by atoms with Crippen LogP contribution in [-0.2, 0) is 13.0 Å². The molecule has 4 aromatic carbocycles. The lowest BCUT2D eigenvalue weighted by Crippen LogP contribution is -2.50. The Balaban J connectivity index is 1.63. The molecule has 0 radical (unpaired) electrons. The second-order valence-corrected chi connectivity index (χ2v) is 9.36. The minimum absolute atomic E-state index is 0.112. The monoisotopic (exact) mass is 460 g/mol. The Morgan fingerprint density at radius 2 is 1.40 bits per heavy atom. The molecule has 2 unspecified atom stereocenters. The lowest BCUT2D eigenvalue weighted by molar-refractivity contribution is 0.0803. The zero-order chi connectivity index (χ0) is 24.0. The maximum atomic E-state index is 14.3. The summed E-state index contributed by atoms with van der Waals surface area (Å²) in [5.74, 6) is 0.154. The molecule has 1 aliphatic heterocycles. The molecule has 1 aliphatic rings. The summed E-state index contributed by atoms with van der Waals surface area (Å²) < 4.78 is 0. The fourth-order valence-electron chi connectivity index (χ4n) is 5.36. The van der Waals surface area contributed by atoms with E-state index in [1.165, 1.54) is 22.4 Å². The summed E-state index contributed by atoms with van der Waals surface area (Å²) in [6.07, 6.45) is 2.15. The number of nitrogens with zero attached hydrogens (tertiary/aromatic N) is 2. The number of aryl methyl sites for hydroxylation is 1. The number of carbonyl (C=O) groups is 1. The molecule has 0 N–H and O–H groups in total. The van der Waals surface area contributed by atoms with Crippen LogP contribution in [0.3, 0.4) is 0 Å². The summed E-state index contributed by atoms with van der Waals surface area (Å²) in [4.78, 5) is 19.0. The van der Waals surface area contributed by atoms with Crippen molar-refractivity contribution in [1.29, 1.82) is 0 Å². The largest absolute Gasteiger partial charge is 0.362 e. The lowest BCUT2D eigenvalue weighted by atomic mass is 9.87. The molecule has 0 bridgehead atoms. The van der Waals surface area contributed by atoms with Crippen LogP contribution in [0, 0.1) is 0 Å². The summed E-state index contributed by atoms with van der Waals surface area (Å²) in [5.41, 5.74) is 5.72. The van der Waals surface area contributed by atoms with E-state index in [9.17, 15) is 4.79 Å². The molecule has 5 rings (SSSR count). The highest BCUT2D eigenvalue weighted by Crippen LogP contribution is 2.38. The maximum Gasteiger partial charge on any atom is 0.182 e. The third-order valence-corrected chi connectivity index (χ3v) is 7.00. The summed E-state index contributed by atoms with van der Waals surface area (Å²) in [7, 11) is 2.09. The molecule has 0 saturated carbocycles. The van der Waals surface area contributed by atoms with Crippen LogP contribution in [0.15, 0.2) is 115 Å². The van der Waals surface area contributed by atoms with E-state index >= 15 is 0 Å². The average Bonchev–Trinajstić information content (AvgIpc) is 2.92. The average molecular weight is 461 g/mol. The van der Waals surface area contributed by atoms with Crippen molar-refractivity contribution in [3.63, 3.8) is 0 Å². The normalized spacial score (nSPS) is 14.9. The van der Waals surface area contributed by atoms with Crippen LogP contribution in [0.4, 0.5) is 5.69 Å². The van der Waals surface area contributed by atoms with Crippen LogP contribution >= 0.6 is 0 Å². The lowest BCUT2D eigenvalue weighted by Gasteiger charge is -2.44. The Hall–Kier alpha value is -3.69. The van der Waals surface area contributed by atoms with Crippen LogP contribution in [0.2, 0.25) is 0 Å². The van der Waals surface area contributed by atoms with Crippen molar-refractivity contribution in [2.24, 2.45) is 0 Å². The van der Waals surface area contributed by atoms with Crippen LogP contribution in [0.1, 0.15) is 39.5 Å². The Labute approximate surface area is 208 Å². The highest BCUT2D eigenvalue weighted by molar-refractivity contribution is 6.01. The predicted molar refractivity (Wildman–Crippen MR) is 144 cm³/mol. The number of benzene rings is 4. The highest BCUT2D eigenvalue weighted by atomic mass is 16.1. The molecule has 0 amide bonds. The molecule has 0 fully saturated rings. The first-order chi connectivity index (χ1) is 17.2. The number of hydrogen-bond acceptors (Lipinski definition) is 3. The van der Waals surface area contributed by atoms with Gasteiger partial charge >= 0.3 is 0 Å². The van der Waals surface area contributed by atoms with Crippen molar-refractivity contribution in [2.75, 3.05) is 18.5 Å². The van der Waals surface area contributed by atoms with Crippen molar-refractivity contribution in [3.8, 4) is 0 Å². The van der Waals surface area contributed by atoms with Crippen molar-refractivity contribution in [3.05, 3.63) is 138 Å². The molecular formula is C32H32N2O. The van der Waals surface area contributed by atoms with Crippen molar-refractivity contribution >= 4 is 11.5 Å². The first-order valence-electron chi connectivity index (χ1n) is 12.5. The van der Waals surface area contributed by atoms with Gasteiger partial charge in [0.2, 0.25) is 0 Å². The molecule has 3 heteroatoms. The van der Waals surface area contributed by atoms with Gasteiger partial charge in [-0.3, -0.25) is 9.69 Å². The van der Waals surface area contributed by atoms with E-state index in [2.05, 4.69) is 89.6 Å². The van der Waals surface area contributed by atoms with Gasteiger partial charge < -0.3 is 4.90 Å². The Morgan fingerprint density at radius 1 is 0.800 bits per heavy atom. The number of rotatable bonds is 8. The molecule has 0 aliphatic carbocycles. The quantitative estimate of drug-likeness (QED) is 0.278. The summed E-state index contributed by atoms with van der Waals surface area (Å²) in [6, 6.07) is 38.9. The van der Waals surface area contributed by atoms with Gasteiger partial charge in [-0.2, -0.15) is 0 Å². The van der Waals surface area contributed by atoms with Gasteiger partial charge in [0.25, 0.3) is 0 Å². The van der Waals surface area contributed by atoms with Crippen molar-refractivity contribution < 1.29 is 4.79 Å². The van der Waals surface area contributed by atoms with Crippen molar-refractivity contribution in [2.45, 2.75) is 31.5 Å². The highest BCUT2D eigenvalue weighted by Gasteiger charge is 2.38. The Kier molecular flexibility index (Phi) is 7.06. The second kappa shape index (κ2) is 10.7. The number of para-hydroxylation sites is 1. The number of hydrogen-bond donors (Lipinski definition) is 0. The first-order valence-corrected chi connectivity index (χ1v) is 12.5. The van der Waals surface area contributed by atoms with Crippen LogP contribution in [0.5, 0.6) is 0 Å². The molecule has 2 atom stereocenters. The topological polar surface area (TPSA) is 23.6 Å². The number of carbonyl (C=O) groups excluding carboxylic acids is 1. The van der Waals surface area contributed by atoms with E-state index in [1.807, 2.05) is 42.5 Å². The molecule has 4 aromatic rings. The molecule has 1 heterocycles. The Bertz CT molecular complexity index is 1240. The fraction of sp³-hybridized carbons (Fsp3) is 0.219. The third-order valence-electron chi connectivity index (χ3n) is 7.00. The van der Waals surface area contributed by atoms with E-state index in [-0.39, 0.29) is 17.9 Å². The summed E-state index contributed by atoms with van der Waals surface area (Å²) in [5, 5.41) is 0. The standard InChI is InChI=1S/C32H32N2O/c1-33(24-25-14-5-2-6-15-25)31(32(35)28-19-9-4-10-20-28)30(27-17-7-3-8-18-27)34-23-13-21-26-16-11-12-22-29(26)34/h2-12,14-20,22,30-31H,13,21,23-24H2,1H3. The van der Waals surface area contributed by atoms with Crippen LogP contribution < -0.4 is 4.90 Å². The van der Waals surface area contributed by atoms with E-state index in [0.717, 1.165) is 24.9 Å². The van der Waals surface area contributed by atoms with E-state index in [0.29, 0.717) is 6.54 Å². The predicted octanol–water partition coefficient (Wildman–Crippen LogP) is 6.56. The number of anilines is 1. The molecule has 0 aromatic heterocycles. The minimum Gasteiger partial charge on any atom is -0.362 e. The SMILES string of the molecule is CN(Cc1ccccc1)C(C(=O)c1ccccc1)C(c1ccccc1)N1CCCc2ccccc21. The number of Topliss-reactive ketones (excluding diaryl/α,β-unsaturated/α-hetero) is 1. The minimum atomic E-state index is -0.355. The zero-order valence-electron chi connectivity index (χ0n) is 20.3. The zero-order valence-corrected chi connectivity index (χ0v) is 20.3. The third kappa shape index (κ3) is 5.06. The first kappa shape index (κ1) is 23.1. The van der Waals surface area contributed by atoms with Gasteiger partial charge in [-0.25, -0.2) is 0 Å². The summed E-state index contributed by atoms with van der Waals surface area (Å²) >= 11 is 0. The van der Waals surface area contributed by atoms with Gasteiger partial charge in [0.05, 0.1) is 12.1 Å². The van der Waals surface area contributed by atoms with E-state index in [1.54, 1.807) is 0 Å². The molecule has 3 nitrogen and oxygen atoms in total. The molecule has 0 spiro atoms. The van der Waals surface area contributed by atoms with Gasteiger partial charge in [-0.1, -0.05) is 109 Å². The molecular weight excluding hydrogens is 428 g/mol. The van der Waals surface area contributed by atoms with Gasteiger partial charge in [0.1, 0.15) is 0 Å². The van der Waals surface area contributed by atoms with E-state index < -0.39 is 0 Å². The smallest absolute Gasteiger partial charge is 0.182 e. The molecule has 0 saturated heterocycles. The van der Waals surface area contributed by atoms with Gasteiger partial charge in [0, 0.05) is 24.3 Å². The number of likely N-dealkylation sites (N-methyl/N-ethyl adjacent to an activating group) is 1. The molecule has 176 valence electrons. The van der Waals surface area contributed by atoms with Gasteiger partial charge in [-0.15, -0.1) is 0 Å². The molecule has 35 heavy (non-hydrogen) atoms. The second-order valence-electron chi connectivity index (χ2n) is 9.36.